The van der Waals surface area contributed by atoms with E-state index in [1.165, 1.54) is 24.4 Å². The van der Waals surface area contributed by atoms with Crippen LogP contribution in [0.2, 0.25) is 0 Å². The van der Waals surface area contributed by atoms with Crippen molar-refractivity contribution < 1.29 is 13.6 Å². The number of aromatic nitrogens is 1. The number of hydrogen-bond donors (Lipinski definition) is 1. The molecule has 0 spiro atoms. The molecule has 1 aromatic carbocycles. The normalized spacial score (nSPS) is 20.6. The second-order valence-electron chi connectivity index (χ2n) is 5.74. The van der Waals surface area contributed by atoms with E-state index >= 15 is 0 Å². The Hall–Kier alpha value is -2.50. The van der Waals surface area contributed by atoms with Crippen molar-refractivity contribution in [3.63, 3.8) is 0 Å². The second kappa shape index (κ2) is 6.32. The average molecular weight is 317 g/mol. The third-order valence-electron chi connectivity index (χ3n) is 4.17. The molecule has 0 radical (unpaired) electrons. The fraction of sp³-hybridized carbons (Fsp3) is 0.294. The minimum atomic E-state index is -0.588. The summed E-state index contributed by atoms with van der Waals surface area (Å²) in [5, 5.41) is 2.57. The summed E-state index contributed by atoms with van der Waals surface area (Å²) >= 11 is 0. The molecule has 1 N–H and O–H groups in total. The number of anilines is 1. The van der Waals surface area contributed by atoms with Crippen LogP contribution in [0.1, 0.15) is 24.9 Å². The van der Waals surface area contributed by atoms with Crippen LogP contribution in [0.4, 0.5) is 19.3 Å². The molecule has 1 fully saturated rings. The van der Waals surface area contributed by atoms with Gasteiger partial charge in [0.15, 0.2) is 5.82 Å². The third kappa shape index (κ3) is 3.16. The topological polar surface area (TPSA) is 45.2 Å². The summed E-state index contributed by atoms with van der Waals surface area (Å²) < 4.78 is 27.1. The van der Waals surface area contributed by atoms with Gasteiger partial charge in [-0.05, 0) is 36.1 Å². The molecule has 0 saturated carbocycles. The Morgan fingerprint density at radius 3 is 2.91 bits per heavy atom. The minimum Gasteiger partial charge on any atom is -0.317 e. The van der Waals surface area contributed by atoms with E-state index in [1.807, 2.05) is 13.0 Å². The van der Waals surface area contributed by atoms with Gasteiger partial charge in [-0.2, -0.15) is 0 Å². The summed E-state index contributed by atoms with van der Waals surface area (Å²) in [5.41, 5.74) is 0.836. The first-order valence-electron chi connectivity index (χ1n) is 7.49. The van der Waals surface area contributed by atoms with Gasteiger partial charge in [0, 0.05) is 12.7 Å². The number of amides is 2. The average Bonchev–Trinajstić information content (AvgIpc) is 2.91. The van der Waals surface area contributed by atoms with Crippen molar-refractivity contribution in [1.29, 1.82) is 0 Å². The minimum absolute atomic E-state index is 0.0857. The van der Waals surface area contributed by atoms with Crippen LogP contribution in [0, 0.1) is 17.6 Å². The zero-order valence-corrected chi connectivity index (χ0v) is 12.7. The number of benzene rings is 1. The maximum absolute atomic E-state index is 13.6. The lowest BCUT2D eigenvalue weighted by Crippen LogP contribution is -2.35. The highest BCUT2D eigenvalue weighted by Gasteiger charge is 2.35. The van der Waals surface area contributed by atoms with Gasteiger partial charge in [0.05, 0.1) is 17.9 Å². The summed E-state index contributed by atoms with van der Waals surface area (Å²) in [7, 11) is 0. The van der Waals surface area contributed by atoms with E-state index in [0.29, 0.717) is 6.54 Å². The zero-order chi connectivity index (χ0) is 16.4. The van der Waals surface area contributed by atoms with Crippen LogP contribution in [-0.4, -0.2) is 22.5 Å². The molecule has 2 heterocycles. The molecule has 2 aromatic rings. The van der Waals surface area contributed by atoms with Gasteiger partial charge in [-0.15, -0.1) is 0 Å². The number of likely N-dealkylation sites (tertiary alicyclic amines) is 1. The van der Waals surface area contributed by atoms with Crippen LogP contribution >= 0.6 is 0 Å². The lowest BCUT2D eigenvalue weighted by molar-refractivity contribution is 0.201. The lowest BCUT2D eigenvalue weighted by Gasteiger charge is -2.27. The Labute approximate surface area is 133 Å². The second-order valence-corrected chi connectivity index (χ2v) is 5.74. The van der Waals surface area contributed by atoms with E-state index in [4.69, 9.17) is 0 Å². The highest BCUT2D eigenvalue weighted by molar-refractivity contribution is 5.89. The standard InChI is InChI=1S/C17H17F2N3O/c1-11-6-8-22(16(11)12-3-2-4-13(18)9-12)17(23)21-15-5-7-20-10-14(15)19/h2-5,7,9-11,16H,6,8H2,1H3,(H,20,21,23). The van der Waals surface area contributed by atoms with E-state index in [-0.39, 0.29) is 23.5 Å². The number of hydrogen-bond acceptors (Lipinski definition) is 2. The Morgan fingerprint density at radius 2 is 2.17 bits per heavy atom. The molecule has 0 aliphatic carbocycles. The molecule has 2 unspecified atom stereocenters. The molecule has 1 aromatic heterocycles. The van der Waals surface area contributed by atoms with Crippen molar-refractivity contribution in [2.75, 3.05) is 11.9 Å². The van der Waals surface area contributed by atoms with Gasteiger partial charge in [-0.25, -0.2) is 13.6 Å². The first-order valence-corrected chi connectivity index (χ1v) is 7.49. The predicted molar refractivity (Wildman–Crippen MR) is 82.8 cm³/mol. The summed E-state index contributed by atoms with van der Waals surface area (Å²) in [6, 6.07) is 7.05. The molecule has 23 heavy (non-hydrogen) atoms. The van der Waals surface area contributed by atoms with Crippen LogP contribution < -0.4 is 5.32 Å². The van der Waals surface area contributed by atoms with Gasteiger partial charge in [0.1, 0.15) is 5.82 Å². The SMILES string of the molecule is CC1CCN(C(=O)Nc2ccncc2F)C1c1cccc(F)c1. The number of halogens is 2. The summed E-state index contributed by atoms with van der Waals surface area (Å²) in [6.45, 7) is 2.57. The van der Waals surface area contributed by atoms with Crippen molar-refractivity contribution in [3.05, 3.63) is 59.9 Å². The van der Waals surface area contributed by atoms with E-state index in [1.54, 1.807) is 11.0 Å². The molecule has 1 aliphatic heterocycles. The molecule has 120 valence electrons. The fourth-order valence-electron chi connectivity index (χ4n) is 3.04. The van der Waals surface area contributed by atoms with Crippen molar-refractivity contribution in [2.24, 2.45) is 5.92 Å². The number of rotatable bonds is 2. The molecule has 2 amide bonds. The lowest BCUT2D eigenvalue weighted by atomic mass is 9.95. The van der Waals surface area contributed by atoms with Crippen molar-refractivity contribution >= 4 is 11.7 Å². The Balaban J connectivity index is 1.83. The van der Waals surface area contributed by atoms with Crippen LogP contribution in [0.3, 0.4) is 0 Å². The third-order valence-corrected chi connectivity index (χ3v) is 4.17. The molecule has 1 aliphatic rings. The number of nitrogens with one attached hydrogen (secondary N) is 1. The maximum atomic E-state index is 13.6. The summed E-state index contributed by atoms with van der Waals surface area (Å²) in [5.74, 6) is -0.720. The van der Waals surface area contributed by atoms with Gasteiger partial charge in [-0.1, -0.05) is 19.1 Å². The smallest absolute Gasteiger partial charge is 0.317 e. The molecule has 1 saturated heterocycles. The monoisotopic (exact) mass is 317 g/mol. The number of carbonyl (C=O) groups is 1. The van der Waals surface area contributed by atoms with Crippen LogP contribution in [0.15, 0.2) is 42.7 Å². The number of urea groups is 1. The highest BCUT2D eigenvalue weighted by Crippen LogP contribution is 2.37. The van der Waals surface area contributed by atoms with Gasteiger partial charge in [0.2, 0.25) is 0 Å². The predicted octanol–water partition coefficient (Wildman–Crippen LogP) is 3.97. The first-order chi connectivity index (χ1) is 11.1. The molecular weight excluding hydrogens is 300 g/mol. The Morgan fingerprint density at radius 1 is 1.35 bits per heavy atom. The molecule has 6 heteroatoms. The van der Waals surface area contributed by atoms with Gasteiger partial charge >= 0.3 is 6.03 Å². The largest absolute Gasteiger partial charge is 0.322 e. The molecule has 4 nitrogen and oxygen atoms in total. The van der Waals surface area contributed by atoms with Crippen molar-refractivity contribution in [3.8, 4) is 0 Å². The zero-order valence-electron chi connectivity index (χ0n) is 12.7. The molecular formula is C17H17F2N3O. The number of pyridine rings is 1. The summed E-state index contributed by atoms with van der Waals surface area (Å²) in [4.78, 5) is 17.8. The quantitative estimate of drug-likeness (QED) is 0.911. The molecule has 0 bridgehead atoms. The summed E-state index contributed by atoms with van der Waals surface area (Å²) in [6.07, 6.45) is 3.27. The van der Waals surface area contributed by atoms with E-state index < -0.39 is 11.8 Å². The Bertz CT molecular complexity index is 722. The molecule has 3 rings (SSSR count). The number of nitrogens with zero attached hydrogens (tertiary/aromatic N) is 2. The number of carbonyl (C=O) groups excluding carboxylic acids is 1. The fourth-order valence-corrected chi connectivity index (χ4v) is 3.04. The van der Waals surface area contributed by atoms with Gasteiger partial charge in [0.25, 0.3) is 0 Å². The van der Waals surface area contributed by atoms with Crippen molar-refractivity contribution in [1.82, 2.24) is 9.88 Å². The molecule has 2 atom stereocenters. The van der Waals surface area contributed by atoms with E-state index in [9.17, 15) is 13.6 Å². The maximum Gasteiger partial charge on any atom is 0.322 e. The van der Waals surface area contributed by atoms with Gasteiger partial charge in [-0.3, -0.25) is 4.98 Å². The van der Waals surface area contributed by atoms with Crippen LogP contribution in [0.5, 0.6) is 0 Å². The highest BCUT2D eigenvalue weighted by atomic mass is 19.1. The Kier molecular flexibility index (Phi) is 4.23. The first kappa shape index (κ1) is 15.4. The van der Waals surface area contributed by atoms with Crippen LogP contribution in [-0.2, 0) is 0 Å². The van der Waals surface area contributed by atoms with Gasteiger partial charge < -0.3 is 10.2 Å². The van der Waals surface area contributed by atoms with Crippen molar-refractivity contribution in [2.45, 2.75) is 19.4 Å². The van der Waals surface area contributed by atoms with E-state index in [0.717, 1.165) is 18.2 Å². The van der Waals surface area contributed by atoms with E-state index in [2.05, 4.69) is 10.3 Å². The van der Waals surface area contributed by atoms with Crippen LogP contribution in [0.25, 0.3) is 0 Å².